The van der Waals surface area contributed by atoms with Crippen molar-refractivity contribution in [3.05, 3.63) is 34.6 Å². The molecule has 0 spiro atoms. The third-order valence-corrected chi connectivity index (χ3v) is 2.20. The van der Waals surface area contributed by atoms with Gasteiger partial charge >= 0.3 is 0 Å². The quantitative estimate of drug-likeness (QED) is 0.576. The van der Waals surface area contributed by atoms with Crippen LogP contribution in [-0.2, 0) is 6.42 Å². The summed E-state index contributed by atoms with van der Waals surface area (Å²) in [5.41, 5.74) is 1.09. The molecular weight excluding hydrogens is 277 g/mol. The zero-order valence-corrected chi connectivity index (χ0v) is 8.69. The lowest BCUT2D eigenvalue weighted by atomic mass is 10.2. The van der Waals surface area contributed by atoms with Crippen LogP contribution in [0.25, 0.3) is 0 Å². The Morgan fingerprint density at radius 2 is 2.18 bits per heavy atom. The number of alkyl halides is 1. The second-order valence-corrected chi connectivity index (χ2v) is 3.67. The van der Waals surface area contributed by atoms with Crippen LogP contribution in [0.5, 0.6) is 0 Å². The van der Waals surface area contributed by atoms with Crippen LogP contribution in [0.2, 0.25) is 5.02 Å². The molecule has 60 valence electrons. The predicted octanol–water partition coefficient (Wildman–Crippen LogP) is 3.46. The number of rotatable bonds is 2. The molecule has 0 N–H and O–H groups in total. The van der Waals surface area contributed by atoms with E-state index in [1.807, 2.05) is 0 Å². The van der Waals surface area contributed by atoms with Gasteiger partial charge in [-0.1, -0.05) is 40.3 Å². The Labute approximate surface area is 83.9 Å². The fourth-order valence-corrected chi connectivity index (χ4v) is 1.63. The van der Waals surface area contributed by atoms with Crippen molar-refractivity contribution in [2.75, 3.05) is 4.43 Å². The van der Waals surface area contributed by atoms with Crippen molar-refractivity contribution in [2.24, 2.45) is 0 Å². The van der Waals surface area contributed by atoms with Crippen molar-refractivity contribution in [1.29, 1.82) is 0 Å². The molecule has 0 aliphatic rings. The van der Waals surface area contributed by atoms with E-state index in [-0.39, 0.29) is 10.8 Å². The summed E-state index contributed by atoms with van der Waals surface area (Å²) in [4.78, 5) is 0. The average Bonchev–Trinajstić information content (AvgIpc) is 1.98. The second kappa shape index (κ2) is 4.26. The van der Waals surface area contributed by atoms with E-state index >= 15 is 0 Å². The van der Waals surface area contributed by atoms with Crippen LogP contribution >= 0.6 is 34.2 Å². The van der Waals surface area contributed by atoms with Crippen LogP contribution in [0.3, 0.4) is 0 Å². The number of halogens is 3. The molecule has 0 fully saturated rings. The van der Waals surface area contributed by atoms with E-state index in [9.17, 15) is 4.39 Å². The van der Waals surface area contributed by atoms with Gasteiger partial charge in [0.25, 0.3) is 0 Å². The summed E-state index contributed by atoms with van der Waals surface area (Å²) in [5.74, 6) is -0.344. The first-order chi connectivity index (χ1) is 5.24. The first-order valence-corrected chi connectivity index (χ1v) is 5.14. The van der Waals surface area contributed by atoms with Crippen LogP contribution in [0.1, 0.15) is 5.56 Å². The number of hydrogen-bond acceptors (Lipinski definition) is 0. The molecular formula is C8H7ClFI. The first-order valence-electron chi connectivity index (χ1n) is 3.24. The summed E-state index contributed by atoms with van der Waals surface area (Å²) in [6.45, 7) is 0. The van der Waals surface area contributed by atoms with Gasteiger partial charge in [0.2, 0.25) is 0 Å². The molecule has 0 heterocycles. The molecule has 0 aliphatic carbocycles. The molecule has 0 amide bonds. The lowest BCUT2D eigenvalue weighted by Crippen LogP contribution is -1.86. The van der Waals surface area contributed by atoms with E-state index in [2.05, 4.69) is 22.6 Å². The molecule has 0 unspecified atom stereocenters. The lowest BCUT2D eigenvalue weighted by Gasteiger charge is -1.98. The lowest BCUT2D eigenvalue weighted by molar-refractivity contribution is 0.627. The van der Waals surface area contributed by atoms with Gasteiger partial charge in [0.05, 0.1) is 5.02 Å². The molecule has 0 saturated carbocycles. The number of benzene rings is 1. The summed E-state index contributed by atoms with van der Waals surface area (Å²) in [5, 5.41) is 0.215. The monoisotopic (exact) mass is 284 g/mol. The fraction of sp³-hybridized carbons (Fsp3) is 0.250. The van der Waals surface area contributed by atoms with Gasteiger partial charge in [-0.25, -0.2) is 4.39 Å². The summed E-state index contributed by atoms with van der Waals surface area (Å²) >= 11 is 7.85. The Bertz CT molecular complexity index is 250. The summed E-state index contributed by atoms with van der Waals surface area (Å²) in [6, 6.07) is 4.85. The maximum Gasteiger partial charge on any atom is 0.141 e. The van der Waals surface area contributed by atoms with Crippen molar-refractivity contribution in [3.8, 4) is 0 Å². The molecule has 0 aliphatic heterocycles. The molecule has 0 nitrogen and oxygen atoms in total. The normalized spacial score (nSPS) is 10.1. The molecule has 1 rings (SSSR count). The highest BCUT2D eigenvalue weighted by molar-refractivity contribution is 14.1. The third-order valence-electron chi connectivity index (χ3n) is 1.37. The molecule has 1 aromatic carbocycles. The SMILES string of the molecule is Fc1ccc(CCI)cc1Cl. The van der Waals surface area contributed by atoms with Crippen LogP contribution < -0.4 is 0 Å². The summed E-state index contributed by atoms with van der Waals surface area (Å²) < 4.78 is 13.6. The van der Waals surface area contributed by atoms with Crippen LogP contribution in [0, 0.1) is 5.82 Å². The molecule has 0 saturated heterocycles. The van der Waals surface area contributed by atoms with Gasteiger partial charge in [-0.05, 0) is 24.1 Å². The van der Waals surface area contributed by atoms with Gasteiger partial charge in [-0.3, -0.25) is 0 Å². The highest BCUT2D eigenvalue weighted by Gasteiger charge is 1.99. The van der Waals surface area contributed by atoms with Gasteiger partial charge in [-0.2, -0.15) is 0 Å². The molecule has 3 heteroatoms. The molecule has 0 bridgehead atoms. The Hall–Kier alpha value is 0.170. The van der Waals surface area contributed by atoms with E-state index in [0.29, 0.717) is 0 Å². The Kier molecular flexibility index (Phi) is 3.59. The third kappa shape index (κ3) is 2.60. The van der Waals surface area contributed by atoms with E-state index in [4.69, 9.17) is 11.6 Å². The van der Waals surface area contributed by atoms with Crippen molar-refractivity contribution in [1.82, 2.24) is 0 Å². The predicted molar refractivity (Wildman–Crippen MR) is 54.0 cm³/mol. The fourth-order valence-electron chi connectivity index (χ4n) is 0.804. The Morgan fingerprint density at radius 1 is 1.45 bits per heavy atom. The standard InChI is InChI=1S/C8H7ClFI/c9-7-5-6(3-4-11)1-2-8(7)10/h1-2,5H,3-4H2. The van der Waals surface area contributed by atoms with Crippen molar-refractivity contribution < 1.29 is 4.39 Å². The minimum atomic E-state index is -0.344. The highest BCUT2D eigenvalue weighted by Crippen LogP contribution is 2.16. The van der Waals surface area contributed by atoms with Crippen LogP contribution in [0.15, 0.2) is 18.2 Å². The topological polar surface area (TPSA) is 0 Å². The van der Waals surface area contributed by atoms with Gasteiger partial charge in [0.15, 0.2) is 0 Å². The average molecular weight is 284 g/mol. The molecule has 0 aromatic heterocycles. The molecule has 11 heavy (non-hydrogen) atoms. The minimum absolute atomic E-state index is 0.215. The van der Waals surface area contributed by atoms with E-state index in [0.717, 1.165) is 16.4 Å². The zero-order valence-electron chi connectivity index (χ0n) is 5.78. The van der Waals surface area contributed by atoms with E-state index < -0.39 is 0 Å². The van der Waals surface area contributed by atoms with Gasteiger partial charge < -0.3 is 0 Å². The summed E-state index contributed by atoms with van der Waals surface area (Å²) in [6.07, 6.45) is 0.945. The number of hydrogen-bond donors (Lipinski definition) is 0. The van der Waals surface area contributed by atoms with Crippen molar-refractivity contribution in [2.45, 2.75) is 6.42 Å². The van der Waals surface area contributed by atoms with Crippen LogP contribution in [-0.4, -0.2) is 4.43 Å². The van der Waals surface area contributed by atoms with E-state index in [1.165, 1.54) is 6.07 Å². The zero-order chi connectivity index (χ0) is 8.27. The maximum absolute atomic E-state index is 12.6. The Balaban J connectivity index is 2.86. The molecule has 0 atom stereocenters. The van der Waals surface area contributed by atoms with Gasteiger partial charge in [0, 0.05) is 4.43 Å². The van der Waals surface area contributed by atoms with Gasteiger partial charge in [0.1, 0.15) is 5.82 Å². The molecule has 1 aromatic rings. The number of aryl methyl sites for hydroxylation is 1. The van der Waals surface area contributed by atoms with Crippen LogP contribution in [0.4, 0.5) is 4.39 Å². The van der Waals surface area contributed by atoms with E-state index in [1.54, 1.807) is 12.1 Å². The Morgan fingerprint density at radius 3 is 2.73 bits per heavy atom. The largest absolute Gasteiger partial charge is 0.205 e. The smallest absolute Gasteiger partial charge is 0.141 e. The minimum Gasteiger partial charge on any atom is -0.205 e. The van der Waals surface area contributed by atoms with Gasteiger partial charge in [-0.15, -0.1) is 0 Å². The van der Waals surface area contributed by atoms with Crippen molar-refractivity contribution >= 4 is 34.2 Å². The molecule has 0 radical (unpaired) electrons. The first kappa shape index (κ1) is 9.26. The highest BCUT2D eigenvalue weighted by atomic mass is 127. The summed E-state index contributed by atoms with van der Waals surface area (Å²) in [7, 11) is 0. The second-order valence-electron chi connectivity index (χ2n) is 2.19. The van der Waals surface area contributed by atoms with Crippen molar-refractivity contribution in [3.63, 3.8) is 0 Å². The maximum atomic E-state index is 12.6.